The smallest absolute Gasteiger partial charge is 0.407 e. The van der Waals surface area contributed by atoms with Crippen LogP contribution >= 0.6 is 0 Å². The first-order valence-electron chi connectivity index (χ1n) is 7.86. The molecule has 0 spiro atoms. The van der Waals surface area contributed by atoms with Gasteiger partial charge in [0.15, 0.2) is 0 Å². The molecule has 4 aliphatic carbocycles. The fraction of sp³-hybridized carbons (Fsp3) is 0.867. The molecule has 0 heterocycles. The minimum absolute atomic E-state index is 0.137. The average molecular weight is 296 g/mol. The number of carboxylic acids is 1. The van der Waals surface area contributed by atoms with Crippen molar-refractivity contribution < 1.29 is 19.4 Å². The molecule has 1 unspecified atom stereocenters. The molecular weight excluding hydrogens is 272 g/mol. The number of hydrogen-bond acceptors (Lipinski definition) is 4. The molecule has 118 valence electrons. The van der Waals surface area contributed by atoms with Gasteiger partial charge in [0.2, 0.25) is 0 Å². The van der Waals surface area contributed by atoms with E-state index in [1.165, 1.54) is 19.3 Å². The zero-order valence-corrected chi connectivity index (χ0v) is 12.2. The molecule has 0 aromatic rings. The quantitative estimate of drug-likeness (QED) is 0.710. The van der Waals surface area contributed by atoms with Gasteiger partial charge in [-0.25, -0.2) is 9.59 Å². The van der Waals surface area contributed by atoms with Crippen LogP contribution in [0, 0.1) is 23.2 Å². The van der Waals surface area contributed by atoms with E-state index in [1.807, 2.05) is 0 Å². The maximum absolute atomic E-state index is 11.8. The van der Waals surface area contributed by atoms with Crippen LogP contribution in [-0.4, -0.2) is 36.4 Å². The van der Waals surface area contributed by atoms with Crippen LogP contribution in [-0.2, 0) is 9.53 Å². The van der Waals surface area contributed by atoms with Crippen molar-refractivity contribution in [1.82, 2.24) is 5.32 Å². The van der Waals surface area contributed by atoms with E-state index in [4.69, 9.17) is 15.6 Å². The number of amides is 1. The molecule has 4 saturated carbocycles. The highest BCUT2D eigenvalue weighted by atomic mass is 16.5. The summed E-state index contributed by atoms with van der Waals surface area (Å²) in [4.78, 5) is 22.6. The Kier molecular flexibility index (Phi) is 3.82. The van der Waals surface area contributed by atoms with Crippen molar-refractivity contribution in [2.24, 2.45) is 28.9 Å². The van der Waals surface area contributed by atoms with Gasteiger partial charge in [-0.3, -0.25) is 0 Å². The highest BCUT2D eigenvalue weighted by molar-refractivity contribution is 5.80. The van der Waals surface area contributed by atoms with Crippen LogP contribution in [0.1, 0.15) is 38.5 Å². The fourth-order valence-corrected chi connectivity index (χ4v) is 5.09. The van der Waals surface area contributed by atoms with Crippen molar-refractivity contribution in [3.8, 4) is 0 Å². The summed E-state index contributed by atoms with van der Waals surface area (Å²) in [6.07, 6.45) is 6.85. The number of alkyl carbamates (subject to hydrolysis) is 1. The third-order valence-corrected chi connectivity index (χ3v) is 5.50. The van der Waals surface area contributed by atoms with Gasteiger partial charge in [0.1, 0.15) is 6.04 Å². The molecule has 4 fully saturated rings. The molecule has 0 radical (unpaired) electrons. The van der Waals surface area contributed by atoms with E-state index >= 15 is 0 Å². The lowest BCUT2D eigenvalue weighted by molar-refractivity contribution is -0.139. The Hall–Kier alpha value is -1.30. The molecule has 6 heteroatoms. The van der Waals surface area contributed by atoms with Gasteiger partial charge in [0.25, 0.3) is 0 Å². The molecule has 0 aliphatic heterocycles. The van der Waals surface area contributed by atoms with Crippen molar-refractivity contribution in [1.29, 1.82) is 0 Å². The highest BCUT2D eigenvalue weighted by Gasteiger charge is 2.51. The second-order valence-electron chi connectivity index (χ2n) is 7.26. The number of aliphatic carboxylic acids is 1. The number of carbonyl (C=O) groups is 2. The normalized spacial score (nSPS) is 38.0. The second kappa shape index (κ2) is 5.48. The first kappa shape index (κ1) is 14.6. The molecule has 4 N–H and O–H groups in total. The van der Waals surface area contributed by atoms with Gasteiger partial charge in [0.05, 0.1) is 6.61 Å². The lowest BCUT2D eigenvalue weighted by Crippen LogP contribution is -2.50. The van der Waals surface area contributed by atoms with Crippen LogP contribution in [0.15, 0.2) is 0 Å². The van der Waals surface area contributed by atoms with Crippen LogP contribution in [0.2, 0.25) is 0 Å². The maximum atomic E-state index is 11.8. The first-order chi connectivity index (χ1) is 9.99. The largest absolute Gasteiger partial charge is 0.480 e. The van der Waals surface area contributed by atoms with E-state index in [0.717, 1.165) is 37.0 Å². The number of nitrogens with one attached hydrogen (secondary N) is 1. The van der Waals surface area contributed by atoms with E-state index < -0.39 is 18.1 Å². The zero-order valence-electron chi connectivity index (χ0n) is 12.2. The highest BCUT2D eigenvalue weighted by Crippen LogP contribution is 2.60. The summed E-state index contributed by atoms with van der Waals surface area (Å²) in [5.74, 6) is 1.28. The van der Waals surface area contributed by atoms with Crippen molar-refractivity contribution in [2.75, 3.05) is 13.2 Å². The monoisotopic (exact) mass is 296 g/mol. The van der Waals surface area contributed by atoms with Crippen molar-refractivity contribution in [3.05, 3.63) is 0 Å². The van der Waals surface area contributed by atoms with Gasteiger partial charge in [-0.15, -0.1) is 0 Å². The Morgan fingerprint density at radius 2 is 1.71 bits per heavy atom. The summed E-state index contributed by atoms with van der Waals surface area (Å²) in [5.41, 5.74) is 5.46. The number of ether oxygens (including phenoxy) is 1. The lowest BCUT2D eigenvalue weighted by Gasteiger charge is -2.56. The number of carboxylic acid groups (broad SMARTS) is 1. The molecule has 0 aromatic heterocycles. The molecule has 4 aliphatic rings. The summed E-state index contributed by atoms with van der Waals surface area (Å²) in [7, 11) is 0. The van der Waals surface area contributed by atoms with Gasteiger partial charge in [-0.2, -0.15) is 0 Å². The molecule has 4 bridgehead atoms. The van der Waals surface area contributed by atoms with Crippen LogP contribution in [0.4, 0.5) is 4.79 Å². The Morgan fingerprint density at radius 3 is 2.14 bits per heavy atom. The van der Waals surface area contributed by atoms with Crippen molar-refractivity contribution >= 4 is 12.1 Å². The van der Waals surface area contributed by atoms with Crippen LogP contribution in [0.3, 0.4) is 0 Å². The van der Waals surface area contributed by atoms with E-state index in [2.05, 4.69) is 5.32 Å². The van der Waals surface area contributed by atoms with Gasteiger partial charge in [-0.1, -0.05) is 0 Å². The molecule has 1 amide bonds. The van der Waals surface area contributed by atoms with Gasteiger partial charge in [-0.05, 0) is 56.3 Å². The summed E-state index contributed by atoms with van der Waals surface area (Å²) in [6, 6.07) is -1.08. The molecular formula is C15H24N2O4. The number of carbonyl (C=O) groups excluding carboxylic acids is 1. The maximum Gasteiger partial charge on any atom is 0.407 e. The van der Waals surface area contributed by atoms with Crippen LogP contribution in [0.5, 0.6) is 0 Å². The predicted molar refractivity (Wildman–Crippen MR) is 75.6 cm³/mol. The van der Waals surface area contributed by atoms with Crippen molar-refractivity contribution in [3.63, 3.8) is 0 Å². The van der Waals surface area contributed by atoms with Crippen LogP contribution < -0.4 is 11.1 Å². The second-order valence-corrected chi connectivity index (χ2v) is 7.26. The Balaban J connectivity index is 1.53. The molecule has 6 nitrogen and oxygen atoms in total. The predicted octanol–water partition coefficient (Wildman–Crippen LogP) is 1.34. The van der Waals surface area contributed by atoms with Crippen molar-refractivity contribution in [2.45, 2.75) is 44.6 Å². The topological polar surface area (TPSA) is 102 Å². The SMILES string of the molecule is NCC(NC(=O)OCC12CC3CC(CC(C3)C1)C2)C(=O)O. The Morgan fingerprint density at radius 1 is 1.19 bits per heavy atom. The number of rotatable bonds is 5. The molecule has 4 rings (SSSR count). The van der Waals surface area contributed by atoms with E-state index in [-0.39, 0.29) is 12.0 Å². The zero-order chi connectivity index (χ0) is 15.0. The first-order valence-corrected chi connectivity index (χ1v) is 7.86. The molecule has 0 aromatic carbocycles. The summed E-state index contributed by atoms with van der Waals surface area (Å²) >= 11 is 0. The van der Waals surface area contributed by atoms with Gasteiger partial charge < -0.3 is 20.9 Å². The Bertz CT molecular complexity index is 402. The molecule has 1 atom stereocenters. The third kappa shape index (κ3) is 3.00. The Labute approximate surface area is 124 Å². The lowest BCUT2D eigenvalue weighted by atomic mass is 9.50. The third-order valence-electron chi connectivity index (χ3n) is 5.50. The van der Waals surface area contributed by atoms with Gasteiger partial charge >= 0.3 is 12.1 Å². The summed E-state index contributed by atoms with van der Waals surface area (Å²) in [6.45, 7) is 0.279. The minimum atomic E-state index is -1.13. The van der Waals surface area contributed by atoms with E-state index in [1.54, 1.807) is 0 Å². The average Bonchev–Trinajstić information content (AvgIpc) is 2.41. The minimum Gasteiger partial charge on any atom is -0.480 e. The molecule has 21 heavy (non-hydrogen) atoms. The summed E-state index contributed by atoms with van der Waals surface area (Å²) < 4.78 is 5.34. The molecule has 0 saturated heterocycles. The van der Waals surface area contributed by atoms with E-state index in [9.17, 15) is 9.59 Å². The van der Waals surface area contributed by atoms with E-state index in [0.29, 0.717) is 6.61 Å². The van der Waals surface area contributed by atoms with Crippen LogP contribution in [0.25, 0.3) is 0 Å². The standard InChI is InChI=1S/C15H24N2O4/c16-7-12(13(18)19)17-14(20)21-8-15-4-9-1-10(5-15)3-11(2-9)6-15/h9-12H,1-8,16H2,(H,17,20)(H,18,19). The summed E-state index contributed by atoms with van der Waals surface area (Å²) in [5, 5.41) is 11.2. The number of hydrogen-bond donors (Lipinski definition) is 3. The number of nitrogens with two attached hydrogens (primary N) is 1. The fourth-order valence-electron chi connectivity index (χ4n) is 5.09. The van der Waals surface area contributed by atoms with Gasteiger partial charge in [0, 0.05) is 12.0 Å².